The Balaban J connectivity index is 2.29. The van der Waals surface area contributed by atoms with E-state index >= 15 is 0 Å². The van der Waals surface area contributed by atoms with Crippen molar-refractivity contribution in [3.8, 4) is 0 Å². The van der Waals surface area contributed by atoms with Gasteiger partial charge in [0, 0.05) is 13.0 Å². The number of hydrogen-bond donors (Lipinski definition) is 1. The summed E-state index contributed by atoms with van der Waals surface area (Å²) in [6.45, 7) is 3.00. The summed E-state index contributed by atoms with van der Waals surface area (Å²) < 4.78 is 2.25. The van der Waals surface area contributed by atoms with E-state index in [0.717, 1.165) is 24.3 Å². The van der Waals surface area contributed by atoms with Crippen LogP contribution in [0, 0.1) is 6.92 Å². The molecule has 1 atom stereocenters. The molecule has 0 bridgehead atoms. The molecule has 0 amide bonds. The van der Waals surface area contributed by atoms with Crippen molar-refractivity contribution >= 4 is 11.0 Å². The predicted octanol–water partition coefficient (Wildman–Crippen LogP) is 1.65. The van der Waals surface area contributed by atoms with Crippen molar-refractivity contribution in [3.63, 3.8) is 0 Å². The number of benzene rings is 1. The molecule has 2 heterocycles. The van der Waals surface area contributed by atoms with Gasteiger partial charge >= 0.3 is 0 Å². The second-order valence-corrected chi connectivity index (χ2v) is 4.27. The van der Waals surface area contributed by atoms with Gasteiger partial charge in [-0.2, -0.15) is 0 Å². The van der Waals surface area contributed by atoms with Gasteiger partial charge in [-0.1, -0.05) is 12.1 Å². The van der Waals surface area contributed by atoms with E-state index in [4.69, 9.17) is 0 Å². The molecule has 3 heteroatoms. The fourth-order valence-corrected chi connectivity index (χ4v) is 2.40. The minimum Gasteiger partial charge on any atom is -0.393 e. The Bertz CT molecular complexity index is 516. The number of rotatable bonds is 0. The molecule has 78 valence electrons. The number of imidazole rings is 1. The highest BCUT2D eigenvalue weighted by molar-refractivity contribution is 5.79. The van der Waals surface area contributed by atoms with Gasteiger partial charge in [-0.05, 0) is 25.0 Å². The SMILES string of the molecule is Cc1cccc2nc3n(c12)CCC(O)C3. The number of aryl methyl sites for hydroxylation is 2. The molecule has 3 rings (SSSR count). The topological polar surface area (TPSA) is 38.0 Å². The number of para-hydroxylation sites is 1. The molecule has 0 spiro atoms. The van der Waals surface area contributed by atoms with Crippen LogP contribution >= 0.6 is 0 Å². The molecule has 1 aromatic carbocycles. The predicted molar refractivity (Wildman–Crippen MR) is 58.8 cm³/mol. The fourth-order valence-electron chi connectivity index (χ4n) is 2.40. The van der Waals surface area contributed by atoms with Crippen molar-refractivity contribution in [3.05, 3.63) is 29.6 Å². The zero-order chi connectivity index (χ0) is 10.4. The van der Waals surface area contributed by atoms with E-state index in [9.17, 15) is 5.11 Å². The Morgan fingerprint density at radius 1 is 1.47 bits per heavy atom. The van der Waals surface area contributed by atoms with Crippen LogP contribution < -0.4 is 0 Å². The summed E-state index contributed by atoms with van der Waals surface area (Å²) in [5.74, 6) is 1.03. The summed E-state index contributed by atoms with van der Waals surface area (Å²) in [6, 6.07) is 6.19. The standard InChI is InChI=1S/C12H14N2O/c1-8-3-2-4-10-12(8)14-6-5-9(15)7-11(14)13-10/h2-4,9,15H,5-7H2,1H3. The molecule has 3 nitrogen and oxygen atoms in total. The van der Waals surface area contributed by atoms with Crippen molar-refractivity contribution in [1.29, 1.82) is 0 Å². The molecule has 1 aromatic heterocycles. The summed E-state index contributed by atoms with van der Waals surface area (Å²) in [7, 11) is 0. The van der Waals surface area contributed by atoms with E-state index in [-0.39, 0.29) is 6.10 Å². The van der Waals surface area contributed by atoms with E-state index < -0.39 is 0 Å². The van der Waals surface area contributed by atoms with Crippen LogP contribution in [0.4, 0.5) is 0 Å². The number of nitrogens with zero attached hydrogens (tertiary/aromatic N) is 2. The van der Waals surface area contributed by atoms with E-state index in [0.29, 0.717) is 6.42 Å². The van der Waals surface area contributed by atoms with E-state index in [1.54, 1.807) is 0 Å². The second-order valence-electron chi connectivity index (χ2n) is 4.27. The van der Waals surface area contributed by atoms with Crippen LogP contribution in [0.25, 0.3) is 11.0 Å². The quantitative estimate of drug-likeness (QED) is 0.705. The van der Waals surface area contributed by atoms with Gasteiger partial charge in [-0.25, -0.2) is 4.98 Å². The molecular weight excluding hydrogens is 188 g/mol. The van der Waals surface area contributed by atoms with Crippen molar-refractivity contribution in [1.82, 2.24) is 9.55 Å². The van der Waals surface area contributed by atoms with Gasteiger partial charge in [0.1, 0.15) is 5.82 Å². The monoisotopic (exact) mass is 202 g/mol. The van der Waals surface area contributed by atoms with Crippen LogP contribution in [-0.4, -0.2) is 20.8 Å². The molecule has 2 aromatic rings. The number of hydrogen-bond acceptors (Lipinski definition) is 2. The fraction of sp³-hybridized carbons (Fsp3) is 0.417. The van der Waals surface area contributed by atoms with Gasteiger partial charge in [-0.3, -0.25) is 0 Å². The average molecular weight is 202 g/mol. The Kier molecular flexibility index (Phi) is 1.83. The molecule has 0 saturated carbocycles. The normalized spacial score (nSPS) is 20.5. The highest BCUT2D eigenvalue weighted by Crippen LogP contribution is 2.24. The van der Waals surface area contributed by atoms with Gasteiger partial charge in [0.15, 0.2) is 0 Å². The molecule has 0 saturated heterocycles. The number of aliphatic hydroxyl groups is 1. The third-order valence-electron chi connectivity index (χ3n) is 3.15. The lowest BCUT2D eigenvalue weighted by molar-refractivity contribution is 0.142. The van der Waals surface area contributed by atoms with Crippen LogP contribution in [0.3, 0.4) is 0 Å². The smallest absolute Gasteiger partial charge is 0.112 e. The maximum Gasteiger partial charge on any atom is 0.112 e. The van der Waals surface area contributed by atoms with Crippen molar-refractivity contribution in [2.75, 3.05) is 0 Å². The molecule has 1 unspecified atom stereocenters. The Morgan fingerprint density at radius 2 is 2.33 bits per heavy atom. The molecule has 0 radical (unpaired) electrons. The van der Waals surface area contributed by atoms with Gasteiger partial charge in [0.05, 0.1) is 17.1 Å². The first-order valence-electron chi connectivity index (χ1n) is 5.38. The number of fused-ring (bicyclic) bond motifs is 3. The van der Waals surface area contributed by atoms with Crippen LogP contribution in [0.1, 0.15) is 17.8 Å². The number of aliphatic hydroxyl groups excluding tert-OH is 1. The molecule has 1 aliphatic rings. The summed E-state index contributed by atoms with van der Waals surface area (Å²) in [5, 5.41) is 9.60. The summed E-state index contributed by atoms with van der Waals surface area (Å²) in [5.41, 5.74) is 3.56. The Morgan fingerprint density at radius 3 is 3.20 bits per heavy atom. The highest BCUT2D eigenvalue weighted by Gasteiger charge is 2.20. The zero-order valence-corrected chi connectivity index (χ0v) is 8.77. The van der Waals surface area contributed by atoms with Crippen molar-refractivity contribution < 1.29 is 5.11 Å². The van der Waals surface area contributed by atoms with Crippen molar-refractivity contribution in [2.24, 2.45) is 0 Å². The molecule has 0 fully saturated rings. The van der Waals surface area contributed by atoms with Crippen molar-refractivity contribution in [2.45, 2.75) is 32.4 Å². The first-order valence-corrected chi connectivity index (χ1v) is 5.38. The lowest BCUT2D eigenvalue weighted by Gasteiger charge is -2.19. The number of aromatic nitrogens is 2. The largest absolute Gasteiger partial charge is 0.393 e. The minimum atomic E-state index is -0.213. The Labute approximate surface area is 88.4 Å². The summed E-state index contributed by atoms with van der Waals surface area (Å²) in [6.07, 6.45) is 1.32. The summed E-state index contributed by atoms with van der Waals surface area (Å²) >= 11 is 0. The molecular formula is C12H14N2O. The molecule has 1 N–H and O–H groups in total. The average Bonchev–Trinajstić information content (AvgIpc) is 2.56. The lowest BCUT2D eigenvalue weighted by Crippen LogP contribution is -2.23. The zero-order valence-electron chi connectivity index (χ0n) is 8.77. The molecule has 15 heavy (non-hydrogen) atoms. The third kappa shape index (κ3) is 1.27. The maximum absolute atomic E-state index is 9.60. The van der Waals surface area contributed by atoms with Crippen LogP contribution in [0.5, 0.6) is 0 Å². The van der Waals surface area contributed by atoms with Gasteiger partial charge in [-0.15, -0.1) is 0 Å². The minimum absolute atomic E-state index is 0.213. The van der Waals surface area contributed by atoms with E-state index in [2.05, 4.69) is 22.5 Å². The molecule has 0 aliphatic carbocycles. The third-order valence-corrected chi connectivity index (χ3v) is 3.15. The second kappa shape index (κ2) is 3.07. The highest BCUT2D eigenvalue weighted by atomic mass is 16.3. The summed E-state index contributed by atoms with van der Waals surface area (Å²) in [4.78, 5) is 4.57. The van der Waals surface area contributed by atoms with E-state index in [1.165, 1.54) is 11.1 Å². The first-order chi connectivity index (χ1) is 7.25. The first kappa shape index (κ1) is 8.92. The molecule has 1 aliphatic heterocycles. The van der Waals surface area contributed by atoms with Crippen LogP contribution in [0.2, 0.25) is 0 Å². The van der Waals surface area contributed by atoms with Gasteiger partial charge in [0.25, 0.3) is 0 Å². The van der Waals surface area contributed by atoms with Crippen LogP contribution in [-0.2, 0) is 13.0 Å². The maximum atomic E-state index is 9.60. The van der Waals surface area contributed by atoms with Gasteiger partial charge < -0.3 is 9.67 Å². The Hall–Kier alpha value is -1.35. The van der Waals surface area contributed by atoms with E-state index in [1.807, 2.05) is 12.1 Å². The van der Waals surface area contributed by atoms with Crippen LogP contribution in [0.15, 0.2) is 18.2 Å². The van der Waals surface area contributed by atoms with Gasteiger partial charge in [0.2, 0.25) is 0 Å². The lowest BCUT2D eigenvalue weighted by atomic mass is 10.1.